The summed E-state index contributed by atoms with van der Waals surface area (Å²) in [4.78, 5) is 14.6. The first kappa shape index (κ1) is 26.2. The first-order valence-electron chi connectivity index (χ1n) is 14.5. The lowest BCUT2D eigenvalue weighted by molar-refractivity contribution is 0.965. The minimum absolute atomic E-state index is 0.999. The average molecular weight is 553 g/mol. The maximum absolute atomic E-state index is 4.85. The summed E-state index contributed by atoms with van der Waals surface area (Å²) in [6.07, 6.45) is 5.92. The Labute approximate surface area is 246 Å². The fourth-order valence-electron chi connectivity index (χ4n) is 6.59. The average Bonchev–Trinajstić information content (AvgIpc) is 3.64. The van der Waals surface area contributed by atoms with Gasteiger partial charge in [-0.2, -0.15) is 0 Å². The Balaban J connectivity index is 1.63. The number of hydrogen-bond acceptors (Lipinski definition) is 3. The van der Waals surface area contributed by atoms with Crippen molar-refractivity contribution in [2.45, 2.75) is 62.3 Å². The number of fused-ring (bicyclic) bond motifs is 3. The lowest BCUT2D eigenvalue weighted by Crippen LogP contribution is -2.12. The standard InChI is InChI=1S/C36H36N6/c1-19-10-28-31(13-22(19)4)40(16-37-28)34-25(7)35(41-17-38-29-11-20(2)23(5)14-32(29)41)27(9)36(26(34)8)42-18-39-30-12-21(3)24(6)15-33(30)42/h10-18H,1-9H3. The SMILES string of the molecule is Cc1cc2ncn(-c3c(C)c(-n4cnc5cc(C)c(C)cc54)c(C)c(-n4cnc5cc(C)c(C)cc54)c3C)c2cc1C. The van der Waals surface area contributed by atoms with Crippen molar-refractivity contribution in [3.8, 4) is 17.1 Å². The molecule has 6 nitrogen and oxygen atoms in total. The molecule has 3 heterocycles. The molecular weight excluding hydrogens is 516 g/mol. The molecule has 0 aliphatic rings. The van der Waals surface area contributed by atoms with Gasteiger partial charge in [0.15, 0.2) is 0 Å². The number of nitrogens with zero attached hydrogens (tertiary/aromatic N) is 6. The van der Waals surface area contributed by atoms with E-state index in [1.54, 1.807) is 0 Å². The van der Waals surface area contributed by atoms with E-state index in [0.29, 0.717) is 0 Å². The van der Waals surface area contributed by atoms with Gasteiger partial charge in [-0.15, -0.1) is 0 Å². The zero-order valence-electron chi connectivity index (χ0n) is 25.9. The Hall–Kier alpha value is -4.71. The van der Waals surface area contributed by atoms with E-state index in [9.17, 15) is 0 Å². The van der Waals surface area contributed by atoms with Crippen LogP contribution in [0.4, 0.5) is 0 Å². The topological polar surface area (TPSA) is 53.5 Å². The monoisotopic (exact) mass is 552 g/mol. The van der Waals surface area contributed by atoms with Gasteiger partial charge in [-0.3, -0.25) is 13.7 Å². The maximum atomic E-state index is 4.85. The highest BCUT2D eigenvalue weighted by atomic mass is 15.1. The van der Waals surface area contributed by atoms with Crippen LogP contribution >= 0.6 is 0 Å². The molecule has 0 aliphatic heterocycles. The van der Waals surface area contributed by atoms with Crippen LogP contribution in [0.5, 0.6) is 0 Å². The minimum Gasteiger partial charge on any atom is -0.298 e. The van der Waals surface area contributed by atoms with E-state index in [1.165, 1.54) is 50.1 Å². The van der Waals surface area contributed by atoms with Crippen LogP contribution in [0.3, 0.4) is 0 Å². The van der Waals surface area contributed by atoms with Gasteiger partial charge in [0.25, 0.3) is 0 Å². The summed E-state index contributed by atoms with van der Waals surface area (Å²) in [6.45, 7) is 19.6. The van der Waals surface area contributed by atoms with Gasteiger partial charge in [0.1, 0.15) is 19.0 Å². The number of aromatic nitrogens is 6. The number of benzene rings is 4. The van der Waals surface area contributed by atoms with Gasteiger partial charge < -0.3 is 0 Å². The quantitative estimate of drug-likeness (QED) is 0.221. The summed E-state index contributed by atoms with van der Waals surface area (Å²) in [5, 5.41) is 0. The predicted molar refractivity (Wildman–Crippen MR) is 173 cm³/mol. The van der Waals surface area contributed by atoms with Crippen molar-refractivity contribution in [2.24, 2.45) is 0 Å². The highest BCUT2D eigenvalue weighted by Crippen LogP contribution is 2.39. The van der Waals surface area contributed by atoms with Crippen LogP contribution in [0.15, 0.2) is 55.4 Å². The fraction of sp³-hybridized carbons (Fsp3) is 0.250. The summed E-state index contributed by atoms with van der Waals surface area (Å²) in [7, 11) is 0. The predicted octanol–water partition coefficient (Wildman–Crippen LogP) is 8.48. The van der Waals surface area contributed by atoms with Crippen LogP contribution in [0.1, 0.15) is 50.1 Å². The van der Waals surface area contributed by atoms with Crippen LogP contribution in [0.2, 0.25) is 0 Å². The molecule has 0 radical (unpaired) electrons. The van der Waals surface area contributed by atoms with Gasteiger partial charge in [-0.25, -0.2) is 15.0 Å². The van der Waals surface area contributed by atoms with Crippen molar-refractivity contribution < 1.29 is 0 Å². The molecule has 0 spiro atoms. The summed E-state index contributed by atoms with van der Waals surface area (Å²) >= 11 is 0. The van der Waals surface area contributed by atoms with Crippen LogP contribution < -0.4 is 0 Å². The Morgan fingerprint density at radius 1 is 0.357 bits per heavy atom. The molecule has 0 fully saturated rings. The maximum Gasteiger partial charge on any atom is 0.100 e. The third-order valence-corrected chi connectivity index (χ3v) is 9.34. The summed E-state index contributed by atoms with van der Waals surface area (Å²) < 4.78 is 6.80. The third-order valence-electron chi connectivity index (χ3n) is 9.34. The number of aryl methyl sites for hydroxylation is 6. The molecule has 7 rings (SSSR count). The molecule has 0 unspecified atom stereocenters. The molecule has 0 saturated carbocycles. The molecule has 0 N–H and O–H groups in total. The molecule has 0 saturated heterocycles. The van der Waals surface area contributed by atoms with E-state index in [1.807, 2.05) is 19.0 Å². The van der Waals surface area contributed by atoms with E-state index in [0.717, 1.165) is 50.2 Å². The molecule has 42 heavy (non-hydrogen) atoms. The lowest BCUT2D eigenvalue weighted by atomic mass is 9.97. The Morgan fingerprint density at radius 2 is 0.595 bits per heavy atom. The molecule has 3 aromatic heterocycles. The first-order chi connectivity index (χ1) is 20.0. The van der Waals surface area contributed by atoms with Crippen LogP contribution in [-0.2, 0) is 0 Å². The minimum atomic E-state index is 0.999. The first-order valence-corrected chi connectivity index (χ1v) is 14.5. The molecule has 6 heteroatoms. The summed E-state index contributed by atoms with van der Waals surface area (Å²) in [5.41, 5.74) is 20.8. The number of imidazole rings is 3. The second-order valence-electron chi connectivity index (χ2n) is 12.0. The normalized spacial score (nSPS) is 11.9. The summed E-state index contributed by atoms with van der Waals surface area (Å²) in [6, 6.07) is 13.3. The highest BCUT2D eigenvalue weighted by Gasteiger charge is 2.24. The van der Waals surface area contributed by atoms with Gasteiger partial charge in [-0.05, 0) is 149 Å². The molecule has 0 bridgehead atoms. The van der Waals surface area contributed by atoms with Crippen LogP contribution in [-0.4, -0.2) is 28.7 Å². The number of rotatable bonds is 3. The molecule has 210 valence electrons. The Kier molecular flexibility index (Phi) is 5.71. The molecule has 7 aromatic rings. The largest absolute Gasteiger partial charge is 0.298 e. The van der Waals surface area contributed by atoms with Crippen molar-refractivity contribution in [3.05, 3.63) is 105 Å². The van der Waals surface area contributed by atoms with Gasteiger partial charge >= 0.3 is 0 Å². The van der Waals surface area contributed by atoms with E-state index < -0.39 is 0 Å². The van der Waals surface area contributed by atoms with E-state index in [4.69, 9.17) is 15.0 Å². The molecule has 0 aliphatic carbocycles. The van der Waals surface area contributed by atoms with Crippen molar-refractivity contribution in [2.75, 3.05) is 0 Å². The van der Waals surface area contributed by atoms with Gasteiger partial charge in [0.2, 0.25) is 0 Å². The van der Waals surface area contributed by atoms with Gasteiger partial charge in [0, 0.05) is 0 Å². The third kappa shape index (κ3) is 3.67. The Bertz CT molecular complexity index is 1960. The Morgan fingerprint density at radius 3 is 0.857 bits per heavy atom. The molecular formula is C36H36N6. The van der Waals surface area contributed by atoms with Crippen molar-refractivity contribution in [3.63, 3.8) is 0 Å². The zero-order valence-corrected chi connectivity index (χ0v) is 25.9. The summed E-state index contributed by atoms with van der Waals surface area (Å²) in [5.74, 6) is 0. The van der Waals surface area contributed by atoms with Crippen LogP contribution in [0.25, 0.3) is 50.2 Å². The molecule has 4 aromatic carbocycles. The second kappa shape index (κ2) is 9.15. The van der Waals surface area contributed by atoms with Gasteiger partial charge in [-0.1, -0.05) is 0 Å². The van der Waals surface area contributed by atoms with Crippen molar-refractivity contribution >= 4 is 33.1 Å². The van der Waals surface area contributed by atoms with E-state index in [2.05, 4.69) is 112 Å². The van der Waals surface area contributed by atoms with Gasteiger partial charge in [0.05, 0.1) is 50.2 Å². The van der Waals surface area contributed by atoms with Crippen LogP contribution in [0, 0.1) is 62.3 Å². The highest BCUT2D eigenvalue weighted by molar-refractivity contribution is 5.86. The zero-order chi connectivity index (χ0) is 29.6. The smallest absolute Gasteiger partial charge is 0.100 e. The van der Waals surface area contributed by atoms with Crippen molar-refractivity contribution in [1.29, 1.82) is 0 Å². The molecule has 0 amide bonds. The van der Waals surface area contributed by atoms with E-state index in [-0.39, 0.29) is 0 Å². The van der Waals surface area contributed by atoms with E-state index >= 15 is 0 Å². The second-order valence-corrected chi connectivity index (χ2v) is 12.0. The fourth-order valence-corrected chi connectivity index (χ4v) is 6.59. The molecule has 0 atom stereocenters. The number of hydrogen-bond donors (Lipinski definition) is 0. The van der Waals surface area contributed by atoms with Crippen molar-refractivity contribution in [1.82, 2.24) is 28.7 Å². The lowest BCUT2D eigenvalue weighted by Gasteiger charge is -2.25.